The minimum atomic E-state index is -0.407. The van der Waals surface area contributed by atoms with E-state index in [9.17, 15) is 14.7 Å². The van der Waals surface area contributed by atoms with Gasteiger partial charge >= 0.3 is 6.03 Å². The van der Waals surface area contributed by atoms with Crippen LogP contribution in [0.2, 0.25) is 0 Å². The van der Waals surface area contributed by atoms with Gasteiger partial charge in [-0.1, -0.05) is 19.3 Å². The predicted molar refractivity (Wildman–Crippen MR) is 89.4 cm³/mol. The number of urea groups is 1. The second-order valence-corrected chi connectivity index (χ2v) is 8.14. The van der Waals surface area contributed by atoms with Gasteiger partial charge in [-0.15, -0.1) is 0 Å². The number of aliphatic hydroxyl groups excluding tert-OH is 1. The van der Waals surface area contributed by atoms with Gasteiger partial charge in [0.05, 0.1) is 12.1 Å². The van der Waals surface area contributed by atoms with Crippen molar-refractivity contribution in [3.8, 4) is 0 Å². The maximum absolute atomic E-state index is 12.8. The highest BCUT2D eigenvalue weighted by atomic mass is 16.3. The summed E-state index contributed by atoms with van der Waals surface area (Å²) in [6.45, 7) is 1.08. The zero-order valence-corrected chi connectivity index (χ0v) is 14.3. The molecule has 0 aromatic rings. The summed E-state index contributed by atoms with van der Waals surface area (Å²) < 4.78 is 0. The minimum absolute atomic E-state index is 0.0738. The first-order valence-corrected chi connectivity index (χ1v) is 9.66. The maximum atomic E-state index is 12.8. The average molecular weight is 335 g/mol. The van der Waals surface area contributed by atoms with Crippen LogP contribution in [0.4, 0.5) is 4.79 Å². The summed E-state index contributed by atoms with van der Waals surface area (Å²) in [5, 5.41) is 13.2. The van der Waals surface area contributed by atoms with E-state index in [4.69, 9.17) is 0 Å². The van der Waals surface area contributed by atoms with Crippen LogP contribution in [0.15, 0.2) is 0 Å². The molecule has 0 radical (unpaired) electrons. The molecule has 6 heteroatoms. The summed E-state index contributed by atoms with van der Waals surface area (Å²) in [6.07, 6.45) is 9.03. The van der Waals surface area contributed by atoms with Crippen LogP contribution in [0, 0.1) is 5.92 Å². The Morgan fingerprint density at radius 3 is 2.54 bits per heavy atom. The van der Waals surface area contributed by atoms with Gasteiger partial charge in [-0.05, 0) is 38.0 Å². The van der Waals surface area contributed by atoms with Gasteiger partial charge in [0, 0.05) is 31.6 Å². The third kappa shape index (κ3) is 3.25. The maximum Gasteiger partial charge on any atom is 0.318 e. The van der Waals surface area contributed by atoms with E-state index >= 15 is 0 Å². The van der Waals surface area contributed by atoms with Crippen LogP contribution < -0.4 is 5.32 Å². The summed E-state index contributed by atoms with van der Waals surface area (Å²) in [5.74, 6) is 0.697. The Balaban J connectivity index is 1.36. The van der Waals surface area contributed by atoms with Crippen molar-refractivity contribution in [1.82, 2.24) is 15.1 Å². The Bertz CT molecular complexity index is 502. The molecular formula is C18H29N3O3. The smallest absolute Gasteiger partial charge is 0.318 e. The van der Waals surface area contributed by atoms with E-state index in [1.807, 2.05) is 9.80 Å². The Labute approximate surface area is 143 Å². The normalized spacial score (nSPS) is 34.9. The molecule has 6 nitrogen and oxygen atoms in total. The van der Waals surface area contributed by atoms with Crippen molar-refractivity contribution in [1.29, 1.82) is 0 Å². The number of nitrogens with zero attached hydrogens (tertiary/aromatic N) is 2. The molecule has 2 saturated carbocycles. The first-order chi connectivity index (χ1) is 11.6. The largest absolute Gasteiger partial charge is 0.391 e. The van der Waals surface area contributed by atoms with Crippen molar-refractivity contribution in [2.45, 2.75) is 82.0 Å². The molecular weight excluding hydrogens is 306 g/mol. The number of aliphatic hydroxyl groups is 1. The van der Waals surface area contributed by atoms with E-state index in [0.717, 1.165) is 12.8 Å². The fourth-order valence-corrected chi connectivity index (χ4v) is 4.87. The Morgan fingerprint density at radius 1 is 1.08 bits per heavy atom. The number of carbonyl (C=O) groups is 2. The number of carbonyl (C=O) groups excluding carboxylic acids is 2. The summed E-state index contributed by atoms with van der Waals surface area (Å²) in [4.78, 5) is 28.6. The van der Waals surface area contributed by atoms with Gasteiger partial charge in [-0.25, -0.2) is 4.79 Å². The van der Waals surface area contributed by atoms with Crippen molar-refractivity contribution in [2.75, 3.05) is 13.1 Å². The second kappa shape index (κ2) is 6.54. The van der Waals surface area contributed by atoms with Crippen LogP contribution in [-0.4, -0.2) is 64.2 Å². The van der Waals surface area contributed by atoms with E-state index < -0.39 is 6.10 Å². The van der Waals surface area contributed by atoms with Crippen LogP contribution in [0.5, 0.6) is 0 Å². The average Bonchev–Trinajstić information content (AvgIpc) is 3.24. The van der Waals surface area contributed by atoms with E-state index in [1.165, 1.54) is 32.1 Å². The highest BCUT2D eigenvalue weighted by molar-refractivity contribution is 5.82. The molecule has 0 bridgehead atoms. The zero-order valence-electron chi connectivity index (χ0n) is 14.3. The van der Waals surface area contributed by atoms with E-state index in [-0.39, 0.29) is 24.0 Å². The molecule has 2 aliphatic heterocycles. The monoisotopic (exact) mass is 335 g/mol. The Hall–Kier alpha value is -1.30. The van der Waals surface area contributed by atoms with Crippen molar-refractivity contribution in [3.05, 3.63) is 0 Å². The van der Waals surface area contributed by atoms with Gasteiger partial charge in [0.15, 0.2) is 0 Å². The summed E-state index contributed by atoms with van der Waals surface area (Å²) in [5.41, 5.74) is 0. The van der Waals surface area contributed by atoms with Gasteiger partial charge in [0.25, 0.3) is 0 Å². The van der Waals surface area contributed by atoms with Crippen LogP contribution in [0.1, 0.15) is 57.8 Å². The molecule has 2 aliphatic carbocycles. The van der Waals surface area contributed by atoms with Gasteiger partial charge < -0.3 is 20.2 Å². The fraction of sp³-hybridized carbons (Fsp3) is 0.889. The third-order valence-corrected chi connectivity index (χ3v) is 6.25. The number of likely N-dealkylation sites (tertiary alicyclic amines) is 2. The highest BCUT2D eigenvalue weighted by Gasteiger charge is 2.43. The molecule has 2 N–H and O–H groups in total. The van der Waals surface area contributed by atoms with Gasteiger partial charge in [-0.2, -0.15) is 0 Å². The van der Waals surface area contributed by atoms with Gasteiger partial charge in [0.2, 0.25) is 5.91 Å². The molecule has 0 unspecified atom stereocenters. The first-order valence-electron chi connectivity index (χ1n) is 9.66. The van der Waals surface area contributed by atoms with Crippen molar-refractivity contribution >= 4 is 11.9 Å². The number of amides is 3. The van der Waals surface area contributed by atoms with Crippen LogP contribution in [0.25, 0.3) is 0 Å². The Morgan fingerprint density at radius 2 is 1.83 bits per heavy atom. The van der Waals surface area contributed by atoms with Gasteiger partial charge in [0.1, 0.15) is 0 Å². The lowest BCUT2D eigenvalue weighted by molar-refractivity contribution is -0.128. The first kappa shape index (κ1) is 16.2. The zero-order chi connectivity index (χ0) is 16.7. The molecule has 4 rings (SSSR count). The lowest BCUT2D eigenvalue weighted by atomic mass is 9.83. The number of hydrogen-bond donors (Lipinski definition) is 2. The molecule has 4 aliphatic rings. The molecule has 0 aromatic heterocycles. The fourth-order valence-electron chi connectivity index (χ4n) is 4.87. The SMILES string of the molecule is O=C1C[C@H](NC(=O)N2C[C@@H](O)C[C@@H]2C2CCCCC2)CN1C1CC1. The van der Waals surface area contributed by atoms with Crippen molar-refractivity contribution < 1.29 is 14.7 Å². The number of rotatable bonds is 3. The second-order valence-electron chi connectivity index (χ2n) is 8.14. The van der Waals surface area contributed by atoms with Crippen molar-refractivity contribution in [2.24, 2.45) is 5.92 Å². The third-order valence-electron chi connectivity index (χ3n) is 6.25. The molecule has 0 aromatic carbocycles. The number of β-amino-alcohol motifs (C(OH)–C–C–N with tert-alkyl or cyclic N) is 1. The van der Waals surface area contributed by atoms with Crippen LogP contribution in [0.3, 0.4) is 0 Å². The number of nitrogens with one attached hydrogen (secondary N) is 1. The molecule has 3 atom stereocenters. The summed E-state index contributed by atoms with van der Waals surface area (Å²) in [7, 11) is 0. The van der Waals surface area contributed by atoms with Gasteiger partial charge in [-0.3, -0.25) is 4.79 Å². The highest BCUT2D eigenvalue weighted by Crippen LogP contribution is 2.35. The quantitative estimate of drug-likeness (QED) is 0.820. The molecule has 2 saturated heterocycles. The van der Waals surface area contributed by atoms with Crippen molar-refractivity contribution in [3.63, 3.8) is 0 Å². The van der Waals surface area contributed by atoms with E-state index in [1.54, 1.807) is 0 Å². The lowest BCUT2D eigenvalue weighted by Gasteiger charge is -2.34. The van der Waals surface area contributed by atoms with Crippen LogP contribution >= 0.6 is 0 Å². The molecule has 2 heterocycles. The van der Waals surface area contributed by atoms with E-state index in [0.29, 0.717) is 37.9 Å². The molecule has 4 fully saturated rings. The van der Waals surface area contributed by atoms with Crippen LogP contribution in [-0.2, 0) is 4.79 Å². The minimum Gasteiger partial charge on any atom is -0.391 e. The lowest BCUT2D eigenvalue weighted by Crippen LogP contribution is -2.49. The van der Waals surface area contributed by atoms with E-state index in [2.05, 4.69) is 5.32 Å². The standard InChI is InChI=1S/C18H29N3O3/c22-15-9-16(12-4-2-1-3-5-12)21(11-15)18(24)19-13-8-17(23)20(10-13)14-6-7-14/h12-16,22H,1-11H2,(H,19,24)/t13-,15-,16+/m0/s1. The molecule has 134 valence electrons. The molecule has 0 spiro atoms. The predicted octanol–water partition coefficient (Wildman–Crippen LogP) is 1.47. The topological polar surface area (TPSA) is 72.9 Å². The Kier molecular flexibility index (Phi) is 4.41. The summed E-state index contributed by atoms with van der Waals surface area (Å²) in [6, 6.07) is 0.424. The molecule has 24 heavy (non-hydrogen) atoms. The molecule has 3 amide bonds. The summed E-state index contributed by atoms with van der Waals surface area (Å²) >= 11 is 0. The number of hydrogen-bond acceptors (Lipinski definition) is 3.